The van der Waals surface area contributed by atoms with Crippen LogP contribution in [0.1, 0.15) is 34.1 Å². The highest BCUT2D eigenvalue weighted by molar-refractivity contribution is 5.68. The predicted octanol–water partition coefficient (Wildman–Crippen LogP) is 2.27. The molecule has 0 aliphatic carbocycles. The van der Waals surface area contributed by atoms with E-state index >= 15 is 0 Å². The zero-order valence-corrected chi connectivity index (χ0v) is 9.63. The number of hydrogen-bond acceptors (Lipinski definition) is 2. The standard InChI is InChI=1S/C11H19NO2/c1-7-8-9(2)12(6)10(13)14-11(3,4)5/h1,9H,8H2,2-6H3/t9-/m0/s1. The van der Waals surface area contributed by atoms with E-state index < -0.39 is 5.60 Å². The first kappa shape index (κ1) is 12.8. The lowest BCUT2D eigenvalue weighted by atomic mass is 10.2. The smallest absolute Gasteiger partial charge is 0.410 e. The zero-order chi connectivity index (χ0) is 11.4. The maximum atomic E-state index is 11.5. The van der Waals surface area contributed by atoms with Gasteiger partial charge in [-0.1, -0.05) is 0 Å². The van der Waals surface area contributed by atoms with E-state index in [0.717, 1.165) is 0 Å². The molecule has 1 atom stereocenters. The summed E-state index contributed by atoms with van der Waals surface area (Å²) in [5.74, 6) is 2.52. The molecule has 0 heterocycles. The molecule has 0 N–H and O–H groups in total. The van der Waals surface area contributed by atoms with Gasteiger partial charge in [0.1, 0.15) is 5.60 Å². The van der Waals surface area contributed by atoms with E-state index in [1.54, 1.807) is 7.05 Å². The number of hydrogen-bond donors (Lipinski definition) is 0. The van der Waals surface area contributed by atoms with Crippen molar-refractivity contribution in [1.29, 1.82) is 0 Å². The summed E-state index contributed by atoms with van der Waals surface area (Å²) < 4.78 is 5.19. The van der Waals surface area contributed by atoms with Crippen molar-refractivity contribution < 1.29 is 9.53 Å². The van der Waals surface area contributed by atoms with Crippen LogP contribution in [0.2, 0.25) is 0 Å². The van der Waals surface area contributed by atoms with E-state index in [2.05, 4.69) is 5.92 Å². The second kappa shape index (κ2) is 4.90. The summed E-state index contributed by atoms with van der Waals surface area (Å²) >= 11 is 0. The first-order valence-electron chi connectivity index (χ1n) is 4.67. The molecule has 0 saturated carbocycles. The van der Waals surface area contributed by atoms with Gasteiger partial charge in [-0.3, -0.25) is 0 Å². The minimum absolute atomic E-state index is 0.00912. The van der Waals surface area contributed by atoms with Crippen molar-refractivity contribution in [3.05, 3.63) is 0 Å². The van der Waals surface area contributed by atoms with Gasteiger partial charge in [0.25, 0.3) is 0 Å². The Kier molecular flexibility index (Phi) is 4.49. The van der Waals surface area contributed by atoms with Gasteiger partial charge < -0.3 is 9.64 Å². The molecule has 0 saturated heterocycles. The fourth-order valence-corrected chi connectivity index (χ4v) is 0.821. The average molecular weight is 197 g/mol. The van der Waals surface area contributed by atoms with Crippen molar-refractivity contribution in [1.82, 2.24) is 4.90 Å². The highest BCUT2D eigenvalue weighted by atomic mass is 16.6. The zero-order valence-electron chi connectivity index (χ0n) is 9.63. The van der Waals surface area contributed by atoms with Crippen LogP contribution in [0.3, 0.4) is 0 Å². The van der Waals surface area contributed by atoms with Gasteiger partial charge in [0, 0.05) is 19.5 Å². The van der Waals surface area contributed by atoms with E-state index in [4.69, 9.17) is 11.2 Å². The van der Waals surface area contributed by atoms with Gasteiger partial charge in [0.2, 0.25) is 0 Å². The number of carbonyl (C=O) groups excluding carboxylic acids is 1. The molecule has 0 aromatic heterocycles. The van der Waals surface area contributed by atoms with Crippen LogP contribution in [0, 0.1) is 12.3 Å². The Morgan fingerprint density at radius 2 is 2.07 bits per heavy atom. The monoisotopic (exact) mass is 197 g/mol. The lowest BCUT2D eigenvalue weighted by molar-refractivity contribution is 0.0239. The Morgan fingerprint density at radius 3 is 2.43 bits per heavy atom. The quantitative estimate of drug-likeness (QED) is 0.635. The van der Waals surface area contributed by atoms with Crippen LogP contribution in [-0.2, 0) is 4.74 Å². The van der Waals surface area contributed by atoms with E-state index in [9.17, 15) is 4.79 Å². The van der Waals surface area contributed by atoms with Gasteiger partial charge in [-0.2, -0.15) is 0 Å². The van der Waals surface area contributed by atoms with Gasteiger partial charge in [-0.15, -0.1) is 12.3 Å². The van der Waals surface area contributed by atoms with Gasteiger partial charge in [0.15, 0.2) is 0 Å². The third-order valence-electron chi connectivity index (χ3n) is 1.76. The number of ether oxygens (including phenoxy) is 1. The molecule has 0 aromatic carbocycles. The Morgan fingerprint density at radius 1 is 1.57 bits per heavy atom. The molecule has 0 radical (unpaired) electrons. The minimum Gasteiger partial charge on any atom is -0.444 e. The van der Waals surface area contributed by atoms with Gasteiger partial charge in [-0.25, -0.2) is 4.79 Å². The SMILES string of the molecule is C#CC[C@H](C)N(C)C(=O)OC(C)(C)C. The summed E-state index contributed by atoms with van der Waals surface area (Å²) in [5.41, 5.74) is -0.457. The molecule has 0 fully saturated rings. The molecule has 3 nitrogen and oxygen atoms in total. The van der Waals surface area contributed by atoms with Crippen LogP contribution in [0.5, 0.6) is 0 Å². The van der Waals surface area contributed by atoms with Crippen LogP contribution in [0.25, 0.3) is 0 Å². The molecule has 0 aliphatic heterocycles. The Bertz CT molecular complexity index is 235. The molecule has 1 amide bonds. The minimum atomic E-state index is -0.457. The summed E-state index contributed by atoms with van der Waals surface area (Å²) in [5, 5.41) is 0. The van der Waals surface area contributed by atoms with E-state index in [1.807, 2.05) is 27.7 Å². The number of nitrogens with zero attached hydrogens (tertiary/aromatic N) is 1. The van der Waals surface area contributed by atoms with Crippen molar-refractivity contribution in [2.24, 2.45) is 0 Å². The highest BCUT2D eigenvalue weighted by Gasteiger charge is 2.22. The molecule has 80 valence electrons. The number of rotatable bonds is 2. The molecular formula is C11H19NO2. The van der Waals surface area contributed by atoms with E-state index in [1.165, 1.54) is 4.90 Å². The average Bonchev–Trinajstić information content (AvgIpc) is 2.00. The third kappa shape index (κ3) is 4.76. The van der Waals surface area contributed by atoms with Crippen LogP contribution in [0.15, 0.2) is 0 Å². The second-order valence-corrected chi connectivity index (χ2v) is 4.35. The molecule has 14 heavy (non-hydrogen) atoms. The first-order valence-corrected chi connectivity index (χ1v) is 4.67. The molecule has 0 aromatic rings. The van der Waals surface area contributed by atoms with Crippen molar-refractivity contribution in [2.45, 2.75) is 45.8 Å². The molecule has 0 aliphatic rings. The molecule has 0 bridgehead atoms. The van der Waals surface area contributed by atoms with Crippen molar-refractivity contribution >= 4 is 6.09 Å². The van der Waals surface area contributed by atoms with Gasteiger partial charge in [-0.05, 0) is 27.7 Å². The summed E-state index contributed by atoms with van der Waals surface area (Å²) in [7, 11) is 1.69. The topological polar surface area (TPSA) is 29.5 Å². The largest absolute Gasteiger partial charge is 0.444 e. The Hall–Kier alpha value is -1.17. The first-order chi connectivity index (χ1) is 6.28. The lowest BCUT2D eigenvalue weighted by Crippen LogP contribution is -2.39. The summed E-state index contributed by atoms with van der Waals surface area (Å²) in [4.78, 5) is 13.0. The van der Waals surface area contributed by atoms with E-state index in [-0.39, 0.29) is 12.1 Å². The summed E-state index contributed by atoms with van der Waals surface area (Å²) in [6.07, 6.45) is 5.37. The van der Waals surface area contributed by atoms with Crippen LogP contribution >= 0.6 is 0 Å². The maximum Gasteiger partial charge on any atom is 0.410 e. The second-order valence-electron chi connectivity index (χ2n) is 4.35. The van der Waals surface area contributed by atoms with Crippen molar-refractivity contribution in [3.63, 3.8) is 0 Å². The lowest BCUT2D eigenvalue weighted by Gasteiger charge is -2.27. The number of carbonyl (C=O) groups is 1. The fourth-order valence-electron chi connectivity index (χ4n) is 0.821. The fraction of sp³-hybridized carbons (Fsp3) is 0.727. The van der Waals surface area contributed by atoms with Crippen LogP contribution in [-0.4, -0.2) is 29.7 Å². The van der Waals surface area contributed by atoms with Crippen LogP contribution in [0.4, 0.5) is 4.79 Å². The van der Waals surface area contributed by atoms with Crippen LogP contribution < -0.4 is 0 Å². The predicted molar refractivity (Wildman–Crippen MR) is 56.9 cm³/mol. The normalized spacial score (nSPS) is 12.9. The molecule has 0 unspecified atom stereocenters. The third-order valence-corrected chi connectivity index (χ3v) is 1.76. The summed E-state index contributed by atoms with van der Waals surface area (Å²) in [6.45, 7) is 7.41. The summed E-state index contributed by atoms with van der Waals surface area (Å²) in [6, 6.07) is 0.00912. The molecule has 3 heteroatoms. The van der Waals surface area contributed by atoms with Crippen molar-refractivity contribution in [2.75, 3.05) is 7.05 Å². The molecule has 0 rings (SSSR count). The number of terminal acetylenes is 1. The van der Waals surface area contributed by atoms with E-state index in [0.29, 0.717) is 6.42 Å². The van der Waals surface area contributed by atoms with Gasteiger partial charge in [0.05, 0.1) is 0 Å². The Labute approximate surface area is 86.4 Å². The van der Waals surface area contributed by atoms with Gasteiger partial charge >= 0.3 is 6.09 Å². The highest BCUT2D eigenvalue weighted by Crippen LogP contribution is 2.11. The number of amides is 1. The molecular weight excluding hydrogens is 178 g/mol. The molecule has 0 spiro atoms. The Balaban J connectivity index is 4.20. The maximum absolute atomic E-state index is 11.5. The van der Waals surface area contributed by atoms with Crippen molar-refractivity contribution in [3.8, 4) is 12.3 Å².